The first-order valence-electron chi connectivity index (χ1n) is 6.12. The third-order valence-electron chi connectivity index (χ3n) is 2.94. The van der Waals surface area contributed by atoms with Gasteiger partial charge in [-0.25, -0.2) is 4.98 Å². The van der Waals surface area contributed by atoms with Crippen molar-refractivity contribution in [1.82, 2.24) is 15.0 Å². The van der Waals surface area contributed by atoms with Crippen molar-refractivity contribution in [3.8, 4) is 0 Å². The molecule has 0 amide bonds. The summed E-state index contributed by atoms with van der Waals surface area (Å²) in [5.74, 6) is 0. The Morgan fingerprint density at radius 3 is 2.53 bits per heavy atom. The molecule has 19 heavy (non-hydrogen) atoms. The average Bonchev–Trinajstić information content (AvgIpc) is 2.48. The minimum absolute atomic E-state index is 0.438. The Morgan fingerprint density at radius 1 is 0.947 bits per heavy atom. The van der Waals surface area contributed by atoms with E-state index in [4.69, 9.17) is 0 Å². The first-order valence-corrected chi connectivity index (χ1v) is 6.12. The quantitative estimate of drug-likeness (QED) is 0.776. The van der Waals surface area contributed by atoms with Crippen molar-refractivity contribution in [3.05, 3.63) is 66.2 Å². The number of aliphatic hydroxyl groups excluding tert-OH is 1. The van der Waals surface area contributed by atoms with Crippen molar-refractivity contribution in [2.75, 3.05) is 0 Å². The van der Waals surface area contributed by atoms with E-state index < -0.39 is 6.10 Å². The highest BCUT2D eigenvalue weighted by molar-refractivity contribution is 5.73. The van der Waals surface area contributed by atoms with E-state index in [1.54, 1.807) is 12.4 Å². The van der Waals surface area contributed by atoms with Gasteiger partial charge in [-0.15, -0.1) is 0 Å². The fourth-order valence-corrected chi connectivity index (χ4v) is 1.95. The number of aliphatic hydroxyl groups is 1. The van der Waals surface area contributed by atoms with Crippen LogP contribution in [0.25, 0.3) is 11.0 Å². The van der Waals surface area contributed by atoms with Crippen molar-refractivity contribution in [1.29, 1.82) is 0 Å². The van der Waals surface area contributed by atoms with Crippen LogP contribution in [0, 0.1) is 0 Å². The zero-order valence-electron chi connectivity index (χ0n) is 10.3. The highest BCUT2D eigenvalue weighted by Crippen LogP contribution is 2.17. The molecular formula is C15H13N3O. The molecule has 4 nitrogen and oxygen atoms in total. The first-order chi connectivity index (χ1) is 9.33. The van der Waals surface area contributed by atoms with E-state index in [0.717, 1.165) is 16.7 Å². The second kappa shape index (κ2) is 5.12. The van der Waals surface area contributed by atoms with Gasteiger partial charge < -0.3 is 5.11 Å². The molecule has 0 bridgehead atoms. The van der Waals surface area contributed by atoms with Crippen molar-refractivity contribution in [2.45, 2.75) is 12.5 Å². The number of fused-ring (bicyclic) bond motifs is 1. The van der Waals surface area contributed by atoms with Gasteiger partial charge in [0.1, 0.15) is 6.10 Å². The Labute approximate surface area is 110 Å². The number of pyridine rings is 1. The lowest BCUT2D eigenvalue weighted by Gasteiger charge is -2.09. The molecule has 0 spiro atoms. The van der Waals surface area contributed by atoms with E-state index >= 15 is 0 Å². The molecule has 0 radical (unpaired) electrons. The molecule has 1 N–H and O–H groups in total. The Balaban J connectivity index is 1.87. The van der Waals surface area contributed by atoms with E-state index in [0.29, 0.717) is 12.1 Å². The van der Waals surface area contributed by atoms with Gasteiger partial charge in [-0.1, -0.05) is 18.2 Å². The van der Waals surface area contributed by atoms with E-state index in [-0.39, 0.29) is 0 Å². The molecule has 1 aromatic carbocycles. The summed E-state index contributed by atoms with van der Waals surface area (Å²) >= 11 is 0. The molecule has 0 fully saturated rings. The number of para-hydroxylation sites is 2. The van der Waals surface area contributed by atoms with Gasteiger partial charge in [0, 0.05) is 18.3 Å². The van der Waals surface area contributed by atoms with Gasteiger partial charge >= 0.3 is 0 Å². The predicted octanol–water partition coefficient (Wildman–Crippen LogP) is 2.30. The van der Waals surface area contributed by atoms with Crippen LogP contribution >= 0.6 is 0 Å². The van der Waals surface area contributed by atoms with E-state index in [1.807, 2.05) is 42.5 Å². The summed E-state index contributed by atoms with van der Waals surface area (Å²) in [6.07, 6.45) is 3.09. The summed E-state index contributed by atoms with van der Waals surface area (Å²) < 4.78 is 0. The fourth-order valence-electron chi connectivity index (χ4n) is 1.95. The van der Waals surface area contributed by atoms with E-state index in [2.05, 4.69) is 15.0 Å². The summed E-state index contributed by atoms with van der Waals surface area (Å²) in [5.41, 5.74) is 3.03. The maximum Gasteiger partial charge on any atom is 0.103 e. The van der Waals surface area contributed by atoms with Gasteiger partial charge in [0.05, 0.1) is 22.9 Å². The minimum atomic E-state index is -0.688. The monoisotopic (exact) mass is 251 g/mol. The second-order valence-electron chi connectivity index (χ2n) is 4.32. The predicted molar refractivity (Wildman–Crippen MR) is 72.4 cm³/mol. The van der Waals surface area contributed by atoms with Gasteiger partial charge in [0.15, 0.2) is 0 Å². The number of rotatable bonds is 3. The zero-order chi connectivity index (χ0) is 13.1. The molecule has 3 rings (SSSR count). The number of aromatic nitrogens is 3. The van der Waals surface area contributed by atoms with Gasteiger partial charge in [-0.3, -0.25) is 9.97 Å². The van der Waals surface area contributed by atoms with Crippen LogP contribution in [0.1, 0.15) is 17.5 Å². The van der Waals surface area contributed by atoms with Crippen LogP contribution in [0.5, 0.6) is 0 Å². The van der Waals surface area contributed by atoms with Crippen LogP contribution in [0.2, 0.25) is 0 Å². The maximum absolute atomic E-state index is 10.2. The molecule has 4 heteroatoms. The molecular weight excluding hydrogens is 238 g/mol. The minimum Gasteiger partial charge on any atom is -0.386 e. The lowest BCUT2D eigenvalue weighted by atomic mass is 10.1. The normalized spacial score (nSPS) is 12.5. The van der Waals surface area contributed by atoms with Crippen molar-refractivity contribution < 1.29 is 5.11 Å². The standard InChI is InChI=1S/C15H13N3O/c19-15(9-11-5-3-4-8-16-11)14-10-17-12-6-1-2-7-13(12)18-14/h1-8,10,15,19H,9H2. The van der Waals surface area contributed by atoms with Gasteiger partial charge in [0.2, 0.25) is 0 Å². The Hall–Kier alpha value is -2.33. The van der Waals surface area contributed by atoms with Crippen molar-refractivity contribution >= 4 is 11.0 Å². The van der Waals surface area contributed by atoms with Crippen LogP contribution in [0.4, 0.5) is 0 Å². The van der Waals surface area contributed by atoms with Gasteiger partial charge in [0.25, 0.3) is 0 Å². The molecule has 94 valence electrons. The molecule has 0 saturated heterocycles. The molecule has 1 atom stereocenters. The maximum atomic E-state index is 10.2. The average molecular weight is 251 g/mol. The number of hydrogen-bond donors (Lipinski definition) is 1. The summed E-state index contributed by atoms with van der Waals surface area (Å²) in [7, 11) is 0. The van der Waals surface area contributed by atoms with Crippen molar-refractivity contribution in [3.63, 3.8) is 0 Å². The van der Waals surface area contributed by atoms with Crippen LogP contribution in [-0.4, -0.2) is 20.1 Å². The van der Waals surface area contributed by atoms with Gasteiger partial charge in [-0.2, -0.15) is 0 Å². The highest BCUT2D eigenvalue weighted by Gasteiger charge is 2.12. The summed E-state index contributed by atoms with van der Waals surface area (Å²) in [4.78, 5) is 12.9. The lowest BCUT2D eigenvalue weighted by Crippen LogP contribution is -2.06. The fraction of sp³-hybridized carbons (Fsp3) is 0.133. The number of benzene rings is 1. The van der Waals surface area contributed by atoms with Crippen LogP contribution in [0.3, 0.4) is 0 Å². The first kappa shape index (κ1) is 11.7. The second-order valence-corrected chi connectivity index (χ2v) is 4.32. The summed E-state index contributed by atoms with van der Waals surface area (Å²) in [6.45, 7) is 0. The number of nitrogens with zero attached hydrogens (tertiary/aromatic N) is 3. The third-order valence-corrected chi connectivity index (χ3v) is 2.94. The summed E-state index contributed by atoms with van der Waals surface area (Å²) in [5, 5.41) is 10.2. The zero-order valence-corrected chi connectivity index (χ0v) is 10.3. The van der Waals surface area contributed by atoms with Crippen LogP contribution in [-0.2, 0) is 6.42 Å². The molecule has 2 heterocycles. The van der Waals surface area contributed by atoms with E-state index in [1.165, 1.54) is 0 Å². The van der Waals surface area contributed by atoms with Crippen LogP contribution in [0.15, 0.2) is 54.9 Å². The molecule has 1 unspecified atom stereocenters. The topological polar surface area (TPSA) is 58.9 Å². The summed E-state index contributed by atoms with van der Waals surface area (Å²) in [6, 6.07) is 13.3. The highest BCUT2D eigenvalue weighted by atomic mass is 16.3. The molecule has 0 aliphatic rings. The Bertz CT molecular complexity index is 685. The Kier molecular flexibility index (Phi) is 3.16. The molecule has 0 aliphatic heterocycles. The molecule has 0 aliphatic carbocycles. The Morgan fingerprint density at radius 2 is 1.74 bits per heavy atom. The SMILES string of the molecule is OC(Cc1ccccn1)c1cnc2ccccc2n1. The van der Waals surface area contributed by atoms with Gasteiger partial charge in [-0.05, 0) is 24.3 Å². The third kappa shape index (κ3) is 2.58. The number of hydrogen-bond acceptors (Lipinski definition) is 4. The smallest absolute Gasteiger partial charge is 0.103 e. The van der Waals surface area contributed by atoms with Crippen LogP contribution < -0.4 is 0 Å². The largest absolute Gasteiger partial charge is 0.386 e. The lowest BCUT2D eigenvalue weighted by molar-refractivity contribution is 0.172. The van der Waals surface area contributed by atoms with E-state index in [9.17, 15) is 5.11 Å². The van der Waals surface area contributed by atoms with Crippen molar-refractivity contribution in [2.24, 2.45) is 0 Å². The molecule has 0 saturated carbocycles. The molecule has 2 aromatic heterocycles. The molecule has 3 aromatic rings.